The van der Waals surface area contributed by atoms with Crippen LogP contribution in [-0.2, 0) is 4.79 Å². The molecule has 0 saturated heterocycles. The summed E-state index contributed by atoms with van der Waals surface area (Å²) in [5.41, 5.74) is 6.29. The molecule has 3 aromatic carbocycles. The average Bonchev–Trinajstić information content (AvgIpc) is 2.74. The van der Waals surface area contributed by atoms with E-state index < -0.39 is 5.91 Å². The largest absolute Gasteiger partial charge is 0.482 e. The van der Waals surface area contributed by atoms with Gasteiger partial charge in [-0.15, -0.1) is 0 Å². The maximum atomic E-state index is 12.0. The molecule has 0 saturated carbocycles. The fraction of sp³-hybridized carbons (Fsp3) is 0.0909. The fourth-order valence-corrected chi connectivity index (χ4v) is 3.13. The lowest BCUT2D eigenvalue weighted by molar-refractivity contribution is -0.123. The Labute approximate surface area is 184 Å². The predicted molar refractivity (Wildman–Crippen MR) is 119 cm³/mol. The third-order valence-corrected chi connectivity index (χ3v) is 5.11. The summed E-state index contributed by atoms with van der Waals surface area (Å²) < 4.78 is 5.38. The predicted octanol–water partition coefficient (Wildman–Crippen LogP) is 6.23. The summed E-state index contributed by atoms with van der Waals surface area (Å²) in [4.78, 5) is 12.0. The van der Waals surface area contributed by atoms with Gasteiger partial charge in [-0.25, -0.2) is 5.43 Å². The number of hydrazone groups is 1. The highest BCUT2D eigenvalue weighted by atomic mass is 35.5. The van der Waals surface area contributed by atoms with Crippen molar-refractivity contribution in [2.45, 2.75) is 6.92 Å². The van der Waals surface area contributed by atoms with Gasteiger partial charge in [0.2, 0.25) is 0 Å². The monoisotopic (exact) mass is 446 g/mol. The molecule has 0 aromatic heterocycles. The Balaban J connectivity index is 1.58. The molecule has 3 aromatic rings. The van der Waals surface area contributed by atoms with E-state index in [1.807, 2.05) is 49.4 Å². The van der Waals surface area contributed by atoms with Gasteiger partial charge in [0, 0.05) is 6.07 Å². The van der Waals surface area contributed by atoms with Crippen LogP contribution in [0, 0.1) is 0 Å². The third kappa shape index (κ3) is 5.73. The van der Waals surface area contributed by atoms with Crippen LogP contribution in [0.4, 0.5) is 0 Å². The summed E-state index contributed by atoms with van der Waals surface area (Å²) >= 11 is 17.8. The van der Waals surface area contributed by atoms with E-state index in [0.29, 0.717) is 15.8 Å². The van der Waals surface area contributed by atoms with Gasteiger partial charge < -0.3 is 4.74 Å². The third-order valence-electron chi connectivity index (χ3n) is 4.09. The molecule has 0 aliphatic rings. The van der Waals surface area contributed by atoms with E-state index in [2.05, 4.69) is 22.7 Å². The van der Waals surface area contributed by atoms with E-state index in [-0.39, 0.29) is 17.4 Å². The number of nitrogens with zero attached hydrogens (tertiary/aromatic N) is 1. The van der Waals surface area contributed by atoms with Crippen LogP contribution in [0.2, 0.25) is 15.1 Å². The lowest BCUT2D eigenvalue weighted by Gasteiger charge is -2.09. The van der Waals surface area contributed by atoms with Crippen LogP contribution < -0.4 is 10.2 Å². The summed E-state index contributed by atoms with van der Waals surface area (Å²) in [7, 11) is 0. The van der Waals surface area contributed by atoms with Gasteiger partial charge in [0.1, 0.15) is 5.75 Å². The minimum atomic E-state index is -0.424. The van der Waals surface area contributed by atoms with Crippen LogP contribution in [0.25, 0.3) is 11.1 Å². The molecular weight excluding hydrogens is 431 g/mol. The smallest absolute Gasteiger partial charge is 0.277 e. The molecule has 148 valence electrons. The zero-order valence-electron chi connectivity index (χ0n) is 15.5. The topological polar surface area (TPSA) is 50.7 Å². The van der Waals surface area contributed by atoms with Gasteiger partial charge in [0.25, 0.3) is 5.91 Å². The highest BCUT2D eigenvalue weighted by Gasteiger charge is 2.09. The Kier molecular flexibility index (Phi) is 7.15. The van der Waals surface area contributed by atoms with Crippen molar-refractivity contribution in [2.24, 2.45) is 5.10 Å². The molecule has 1 amide bonds. The van der Waals surface area contributed by atoms with E-state index in [4.69, 9.17) is 39.5 Å². The number of hydrogen-bond acceptors (Lipinski definition) is 3. The Morgan fingerprint density at radius 1 is 0.897 bits per heavy atom. The first-order valence-electron chi connectivity index (χ1n) is 8.70. The molecule has 1 N–H and O–H groups in total. The number of nitrogens with one attached hydrogen (secondary N) is 1. The molecule has 0 atom stereocenters. The first-order chi connectivity index (χ1) is 13.9. The van der Waals surface area contributed by atoms with Crippen molar-refractivity contribution in [3.8, 4) is 16.9 Å². The molecule has 4 nitrogen and oxygen atoms in total. The van der Waals surface area contributed by atoms with E-state index >= 15 is 0 Å². The highest BCUT2D eigenvalue weighted by Crippen LogP contribution is 2.33. The van der Waals surface area contributed by atoms with Crippen LogP contribution in [-0.4, -0.2) is 18.2 Å². The Hall–Kier alpha value is -2.53. The fourth-order valence-electron chi connectivity index (χ4n) is 2.54. The first-order valence-corrected chi connectivity index (χ1v) is 9.84. The minimum absolute atomic E-state index is 0.262. The van der Waals surface area contributed by atoms with Crippen molar-refractivity contribution in [3.63, 3.8) is 0 Å². The van der Waals surface area contributed by atoms with Gasteiger partial charge in [0.15, 0.2) is 6.61 Å². The van der Waals surface area contributed by atoms with E-state index in [1.165, 1.54) is 12.1 Å². The number of benzene rings is 3. The molecule has 0 bridgehead atoms. The summed E-state index contributed by atoms with van der Waals surface area (Å²) in [6.07, 6.45) is 0. The second kappa shape index (κ2) is 9.79. The number of carbonyl (C=O) groups is 1. The van der Waals surface area contributed by atoms with Gasteiger partial charge in [-0.2, -0.15) is 5.10 Å². The Morgan fingerprint density at radius 3 is 2.21 bits per heavy atom. The molecule has 29 heavy (non-hydrogen) atoms. The second-order valence-electron chi connectivity index (χ2n) is 6.16. The van der Waals surface area contributed by atoms with Gasteiger partial charge in [-0.3, -0.25) is 4.79 Å². The molecule has 3 rings (SSSR count). The van der Waals surface area contributed by atoms with Crippen molar-refractivity contribution in [1.29, 1.82) is 0 Å². The molecule has 0 fully saturated rings. The normalized spacial score (nSPS) is 11.2. The molecule has 0 unspecified atom stereocenters. The van der Waals surface area contributed by atoms with Crippen molar-refractivity contribution in [2.75, 3.05) is 6.61 Å². The zero-order valence-corrected chi connectivity index (χ0v) is 17.7. The molecular formula is C22H17Cl3N2O2. The average molecular weight is 448 g/mol. The number of rotatable bonds is 6. The quantitative estimate of drug-likeness (QED) is 0.276. The van der Waals surface area contributed by atoms with E-state index in [0.717, 1.165) is 16.7 Å². The van der Waals surface area contributed by atoms with Gasteiger partial charge in [-0.1, -0.05) is 89.4 Å². The number of halogens is 3. The van der Waals surface area contributed by atoms with Crippen LogP contribution in [0.1, 0.15) is 12.5 Å². The van der Waals surface area contributed by atoms with Gasteiger partial charge in [0.05, 0.1) is 20.8 Å². The highest BCUT2D eigenvalue weighted by molar-refractivity contribution is 6.43. The number of hydrogen-bond donors (Lipinski definition) is 1. The van der Waals surface area contributed by atoms with Gasteiger partial charge in [-0.05, 0) is 29.7 Å². The van der Waals surface area contributed by atoms with Crippen molar-refractivity contribution in [1.82, 2.24) is 5.43 Å². The molecule has 0 spiro atoms. The first kappa shape index (κ1) is 21.2. The molecule has 0 aliphatic carbocycles. The van der Waals surface area contributed by atoms with E-state index in [9.17, 15) is 4.79 Å². The number of carbonyl (C=O) groups excluding carboxylic acids is 1. The van der Waals surface area contributed by atoms with Crippen molar-refractivity contribution < 1.29 is 9.53 Å². The van der Waals surface area contributed by atoms with Crippen LogP contribution in [0.15, 0.2) is 71.8 Å². The maximum Gasteiger partial charge on any atom is 0.277 e. The molecule has 7 heteroatoms. The summed E-state index contributed by atoms with van der Waals surface area (Å²) in [6, 6.07) is 20.9. The molecule has 0 radical (unpaired) electrons. The summed E-state index contributed by atoms with van der Waals surface area (Å²) in [5.74, 6) is -0.152. The minimum Gasteiger partial charge on any atom is -0.482 e. The SMILES string of the molecule is CC(=NNC(=O)COc1cc(Cl)c(Cl)cc1Cl)c1ccc(-c2ccccc2)cc1. The number of ether oxygens (including phenoxy) is 1. The lowest BCUT2D eigenvalue weighted by atomic mass is 10.0. The standard InChI is InChI=1S/C22H17Cl3N2O2/c1-14(15-7-9-17(10-8-15)16-5-3-2-4-6-16)26-27-22(28)13-29-21-12-19(24)18(23)11-20(21)25/h2-12H,13H2,1H3,(H,27,28). The van der Waals surface area contributed by atoms with Crippen molar-refractivity contribution >= 4 is 46.4 Å². The summed E-state index contributed by atoms with van der Waals surface area (Å²) in [6.45, 7) is 1.55. The van der Waals surface area contributed by atoms with Crippen LogP contribution in [0.3, 0.4) is 0 Å². The van der Waals surface area contributed by atoms with E-state index in [1.54, 1.807) is 0 Å². The second-order valence-corrected chi connectivity index (χ2v) is 7.38. The van der Waals surface area contributed by atoms with Crippen molar-refractivity contribution in [3.05, 3.63) is 87.4 Å². The van der Waals surface area contributed by atoms with Gasteiger partial charge >= 0.3 is 0 Å². The Morgan fingerprint density at radius 2 is 1.52 bits per heavy atom. The lowest BCUT2D eigenvalue weighted by Crippen LogP contribution is -2.25. The zero-order chi connectivity index (χ0) is 20.8. The summed E-state index contributed by atoms with van der Waals surface area (Å²) in [5, 5.41) is 4.99. The van der Waals surface area contributed by atoms with Crippen LogP contribution >= 0.6 is 34.8 Å². The number of amides is 1. The van der Waals surface area contributed by atoms with Crippen LogP contribution in [0.5, 0.6) is 5.75 Å². The molecule has 0 heterocycles. The maximum absolute atomic E-state index is 12.0. The molecule has 0 aliphatic heterocycles. The Bertz CT molecular complexity index is 1040.